The van der Waals surface area contributed by atoms with Crippen LogP contribution >= 0.6 is 0 Å². The Bertz CT molecular complexity index is 909. The third kappa shape index (κ3) is 4.48. The van der Waals surface area contributed by atoms with Crippen molar-refractivity contribution in [2.24, 2.45) is 5.10 Å². The number of aryl methyl sites for hydroxylation is 1. The molecule has 0 aliphatic carbocycles. The number of aromatic nitrogens is 1. The summed E-state index contributed by atoms with van der Waals surface area (Å²) >= 11 is 0. The van der Waals surface area contributed by atoms with E-state index in [1.165, 1.54) is 0 Å². The number of rotatable bonds is 7. The van der Waals surface area contributed by atoms with E-state index in [-0.39, 0.29) is 11.6 Å². The van der Waals surface area contributed by atoms with Crippen LogP contribution in [0.1, 0.15) is 29.6 Å². The quantitative estimate of drug-likeness (QED) is 0.513. The van der Waals surface area contributed by atoms with Gasteiger partial charge in [-0.1, -0.05) is 37.3 Å². The average molecular weight is 346 g/mol. The number of hydrogen-bond acceptors (Lipinski definition) is 6. The third-order valence-electron chi connectivity index (χ3n) is 3.59. The molecule has 3 rings (SSSR count). The molecule has 3 aromatic rings. The van der Waals surface area contributed by atoms with Gasteiger partial charge >= 0.3 is 0 Å². The molecule has 0 aliphatic heterocycles. The van der Waals surface area contributed by atoms with Crippen LogP contribution in [-0.4, -0.2) is 11.2 Å². The molecule has 0 spiro atoms. The Hall–Kier alpha value is -3.59. The van der Waals surface area contributed by atoms with Gasteiger partial charge in [0.2, 0.25) is 5.69 Å². The van der Waals surface area contributed by atoms with Crippen molar-refractivity contribution in [3.8, 4) is 11.8 Å². The molecule has 0 radical (unpaired) electrons. The van der Waals surface area contributed by atoms with Crippen molar-refractivity contribution >= 4 is 12.1 Å². The SMILES string of the molecule is CCc1nc(C#N)c(N/N=C/c2ccc(OCc3ccccc3)cc2)o1. The molecule has 6 nitrogen and oxygen atoms in total. The second-order valence-electron chi connectivity index (χ2n) is 5.46. The van der Waals surface area contributed by atoms with Gasteiger partial charge in [0, 0.05) is 6.42 Å². The summed E-state index contributed by atoms with van der Waals surface area (Å²) < 4.78 is 11.2. The predicted octanol–water partition coefficient (Wildman–Crippen LogP) is 4.13. The summed E-state index contributed by atoms with van der Waals surface area (Å²) in [5.74, 6) is 1.54. The minimum atomic E-state index is 0.198. The van der Waals surface area contributed by atoms with E-state index in [9.17, 15) is 0 Å². The molecule has 0 bridgehead atoms. The van der Waals surface area contributed by atoms with Gasteiger partial charge < -0.3 is 9.15 Å². The second-order valence-corrected chi connectivity index (χ2v) is 5.46. The largest absolute Gasteiger partial charge is 0.489 e. The Morgan fingerprint density at radius 2 is 1.96 bits per heavy atom. The number of hydrogen-bond donors (Lipinski definition) is 1. The molecule has 1 aromatic heterocycles. The van der Waals surface area contributed by atoms with Crippen LogP contribution in [0.2, 0.25) is 0 Å². The van der Waals surface area contributed by atoms with Gasteiger partial charge in [-0.25, -0.2) is 10.4 Å². The molecule has 0 amide bonds. The summed E-state index contributed by atoms with van der Waals surface area (Å²) in [5, 5.41) is 13.1. The van der Waals surface area contributed by atoms with Crippen molar-refractivity contribution in [3.63, 3.8) is 0 Å². The molecule has 1 N–H and O–H groups in total. The lowest BCUT2D eigenvalue weighted by molar-refractivity contribution is 0.306. The van der Waals surface area contributed by atoms with Crippen LogP contribution in [0.3, 0.4) is 0 Å². The Labute approximate surface area is 151 Å². The molecular weight excluding hydrogens is 328 g/mol. The van der Waals surface area contributed by atoms with Crippen LogP contribution in [0, 0.1) is 11.3 Å². The number of oxazole rings is 1. The smallest absolute Gasteiger partial charge is 0.252 e. The fourth-order valence-corrected chi connectivity index (χ4v) is 2.22. The first-order valence-corrected chi connectivity index (χ1v) is 8.24. The normalized spacial score (nSPS) is 10.6. The summed E-state index contributed by atoms with van der Waals surface area (Å²) in [6.45, 7) is 2.43. The van der Waals surface area contributed by atoms with Crippen LogP contribution < -0.4 is 10.2 Å². The van der Waals surface area contributed by atoms with Crippen LogP contribution in [0.25, 0.3) is 0 Å². The summed E-state index contributed by atoms with van der Waals surface area (Å²) in [4.78, 5) is 4.05. The molecule has 1 heterocycles. The van der Waals surface area contributed by atoms with Crippen LogP contribution in [0.15, 0.2) is 64.1 Å². The van der Waals surface area contributed by atoms with Gasteiger partial charge in [0.25, 0.3) is 5.88 Å². The standard InChI is InChI=1S/C20H18N4O2/c1-2-19-23-18(12-21)20(26-19)24-22-13-15-8-10-17(11-9-15)25-14-16-6-4-3-5-7-16/h3-11,13,24H,2,14H2,1H3/b22-13+. The van der Waals surface area contributed by atoms with Gasteiger partial charge in [0.1, 0.15) is 18.4 Å². The summed E-state index contributed by atoms with van der Waals surface area (Å²) in [6, 6.07) is 19.5. The van der Waals surface area contributed by atoms with Gasteiger partial charge in [-0.2, -0.15) is 10.4 Å². The lowest BCUT2D eigenvalue weighted by Gasteiger charge is -2.06. The fourth-order valence-electron chi connectivity index (χ4n) is 2.22. The first-order chi connectivity index (χ1) is 12.8. The molecule has 0 aliphatic rings. The number of hydrazone groups is 1. The van der Waals surface area contributed by atoms with Gasteiger partial charge in [-0.3, -0.25) is 0 Å². The number of nitriles is 1. The van der Waals surface area contributed by atoms with E-state index in [1.807, 2.05) is 67.6 Å². The van der Waals surface area contributed by atoms with Gasteiger partial charge in [-0.05, 0) is 35.4 Å². The predicted molar refractivity (Wildman–Crippen MR) is 99.0 cm³/mol. The first kappa shape index (κ1) is 17.2. The van der Waals surface area contributed by atoms with Crippen LogP contribution in [-0.2, 0) is 13.0 Å². The zero-order valence-corrected chi connectivity index (χ0v) is 14.3. The minimum absolute atomic E-state index is 0.198. The highest BCUT2D eigenvalue weighted by Gasteiger charge is 2.10. The summed E-state index contributed by atoms with van der Waals surface area (Å²) in [7, 11) is 0. The third-order valence-corrected chi connectivity index (χ3v) is 3.59. The molecule has 130 valence electrons. The average Bonchev–Trinajstić information content (AvgIpc) is 3.10. The molecule has 2 aromatic carbocycles. The Morgan fingerprint density at radius 3 is 2.65 bits per heavy atom. The van der Waals surface area contributed by atoms with Gasteiger partial charge in [0.15, 0.2) is 5.89 Å². The molecule has 0 atom stereocenters. The van der Waals surface area contributed by atoms with E-state index in [4.69, 9.17) is 14.4 Å². The van der Waals surface area contributed by atoms with Crippen molar-refractivity contribution in [2.45, 2.75) is 20.0 Å². The fraction of sp³-hybridized carbons (Fsp3) is 0.150. The van der Waals surface area contributed by atoms with E-state index in [1.54, 1.807) is 6.21 Å². The minimum Gasteiger partial charge on any atom is -0.489 e. The van der Waals surface area contributed by atoms with Crippen LogP contribution in [0.5, 0.6) is 5.75 Å². The monoisotopic (exact) mass is 346 g/mol. The highest BCUT2D eigenvalue weighted by Crippen LogP contribution is 2.17. The van der Waals surface area contributed by atoms with Crippen molar-refractivity contribution in [1.29, 1.82) is 5.26 Å². The number of anilines is 1. The lowest BCUT2D eigenvalue weighted by atomic mass is 10.2. The maximum Gasteiger partial charge on any atom is 0.252 e. The highest BCUT2D eigenvalue weighted by molar-refractivity contribution is 5.80. The van der Waals surface area contributed by atoms with Crippen molar-refractivity contribution in [1.82, 2.24) is 4.98 Å². The zero-order chi connectivity index (χ0) is 18.2. The molecule has 0 unspecified atom stereocenters. The first-order valence-electron chi connectivity index (χ1n) is 8.24. The second kappa shape index (κ2) is 8.49. The molecule has 6 heteroatoms. The summed E-state index contributed by atoms with van der Waals surface area (Å²) in [5.41, 5.74) is 4.92. The summed E-state index contributed by atoms with van der Waals surface area (Å²) in [6.07, 6.45) is 2.25. The topological polar surface area (TPSA) is 83.4 Å². The number of ether oxygens (including phenoxy) is 1. The highest BCUT2D eigenvalue weighted by atomic mass is 16.5. The van der Waals surface area contributed by atoms with Gasteiger partial charge in [-0.15, -0.1) is 0 Å². The Kier molecular flexibility index (Phi) is 5.63. The van der Waals surface area contributed by atoms with Crippen LogP contribution in [0.4, 0.5) is 5.88 Å². The maximum absolute atomic E-state index is 9.03. The van der Waals surface area contributed by atoms with Gasteiger partial charge in [0.05, 0.1) is 6.21 Å². The zero-order valence-electron chi connectivity index (χ0n) is 14.3. The van der Waals surface area contributed by atoms with Crippen molar-refractivity contribution in [2.75, 3.05) is 5.43 Å². The lowest BCUT2D eigenvalue weighted by Crippen LogP contribution is -1.95. The Balaban J connectivity index is 1.56. The molecule has 0 fully saturated rings. The number of benzene rings is 2. The van der Waals surface area contributed by atoms with E-state index in [0.717, 1.165) is 16.9 Å². The molecular formula is C20H18N4O2. The van der Waals surface area contributed by atoms with Crippen molar-refractivity contribution in [3.05, 3.63) is 77.3 Å². The number of nitrogens with zero attached hydrogens (tertiary/aromatic N) is 3. The molecule has 26 heavy (non-hydrogen) atoms. The van der Waals surface area contributed by atoms with E-state index in [2.05, 4.69) is 15.5 Å². The number of nitrogens with one attached hydrogen (secondary N) is 1. The van der Waals surface area contributed by atoms with E-state index < -0.39 is 0 Å². The molecule has 0 saturated carbocycles. The Morgan fingerprint density at radius 1 is 1.19 bits per heavy atom. The maximum atomic E-state index is 9.03. The van der Waals surface area contributed by atoms with E-state index in [0.29, 0.717) is 18.9 Å². The van der Waals surface area contributed by atoms with Crippen molar-refractivity contribution < 1.29 is 9.15 Å². The molecule has 0 saturated heterocycles. The van der Waals surface area contributed by atoms with E-state index >= 15 is 0 Å².